The highest BCUT2D eigenvalue weighted by Crippen LogP contribution is 2.22. The average molecular weight is 348 g/mol. The zero-order valence-electron chi connectivity index (χ0n) is 14.1. The predicted molar refractivity (Wildman–Crippen MR) is 95.2 cm³/mol. The highest BCUT2D eigenvalue weighted by Gasteiger charge is 2.28. The number of hydrogen-bond donors (Lipinski definition) is 0. The lowest BCUT2D eigenvalue weighted by Gasteiger charge is -2.19. The number of aromatic nitrogens is 2. The van der Waals surface area contributed by atoms with Crippen LogP contribution in [0, 0.1) is 6.92 Å². The van der Waals surface area contributed by atoms with Crippen LogP contribution in [0.2, 0.25) is 0 Å². The zero-order valence-corrected chi connectivity index (χ0v) is 14.1. The number of rotatable bonds is 5. The first-order valence-electron chi connectivity index (χ1n) is 8.23. The fourth-order valence-electron chi connectivity index (χ4n) is 3.13. The minimum Gasteiger partial charge on any atom is -0.469 e. The first-order chi connectivity index (χ1) is 12.6. The molecule has 0 amide bonds. The molecular formula is C20H16N2O4. The number of hydrogen-bond acceptors (Lipinski definition) is 5. The topological polar surface area (TPSA) is 78.2 Å². The molecule has 0 saturated carbocycles. The molecule has 130 valence electrons. The lowest BCUT2D eigenvalue weighted by molar-refractivity contribution is 0.0888. The fraction of sp³-hybridized carbons (Fsp3) is 0.150. The quantitative estimate of drug-likeness (QED) is 0.515. The maximum atomic E-state index is 13.1. The Hall–Kier alpha value is -3.41. The van der Waals surface area contributed by atoms with Gasteiger partial charge in [0.15, 0.2) is 5.76 Å². The van der Waals surface area contributed by atoms with Crippen LogP contribution in [-0.4, -0.2) is 15.3 Å². The Kier molecular flexibility index (Phi) is 4.01. The van der Waals surface area contributed by atoms with Crippen molar-refractivity contribution in [3.8, 4) is 0 Å². The summed E-state index contributed by atoms with van der Waals surface area (Å²) in [5.41, 5.74) is 0.345. The summed E-state index contributed by atoms with van der Waals surface area (Å²) in [6.07, 6.45) is 3.21. The molecule has 0 bridgehead atoms. The summed E-state index contributed by atoms with van der Waals surface area (Å²) < 4.78 is 12.1. The molecule has 6 nitrogen and oxygen atoms in total. The van der Waals surface area contributed by atoms with Crippen LogP contribution in [0.15, 0.2) is 74.7 Å². The second-order valence-electron chi connectivity index (χ2n) is 5.99. The Morgan fingerprint density at radius 3 is 2.58 bits per heavy atom. The van der Waals surface area contributed by atoms with E-state index < -0.39 is 6.04 Å². The second kappa shape index (κ2) is 6.48. The number of carbonyl (C=O) groups excluding carboxylic acids is 1. The van der Waals surface area contributed by atoms with Crippen molar-refractivity contribution >= 4 is 16.7 Å². The third kappa shape index (κ3) is 2.75. The molecular weight excluding hydrogens is 332 g/mol. The standard InChI is InChI=1S/C20H16N2O4/c1-13-21-16-8-3-2-7-15(16)20(24)22(13)17(12-14-6-4-10-25-14)19(23)18-9-5-11-26-18/h2-11,17H,12H2,1H3/t17-/m1/s1. The van der Waals surface area contributed by atoms with Crippen molar-refractivity contribution in [1.29, 1.82) is 0 Å². The summed E-state index contributed by atoms with van der Waals surface area (Å²) in [5, 5.41) is 0.467. The summed E-state index contributed by atoms with van der Waals surface area (Å²) in [7, 11) is 0. The summed E-state index contributed by atoms with van der Waals surface area (Å²) in [5.74, 6) is 0.967. The number of Topliss-reactive ketones (excluding diaryl/α,β-unsaturated/α-hetero) is 1. The van der Waals surface area contributed by atoms with E-state index in [0.29, 0.717) is 22.5 Å². The van der Waals surface area contributed by atoms with Gasteiger partial charge in [0.05, 0.1) is 23.4 Å². The Morgan fingerprint density at radius 1 is 1.08 bits per heavy atom. The number of fused-ring (bicyclic) bond motifs is 1. The van der Waals surface area contributed by atoms with E-state index in [9.17, 15) is 9.59 Å². The highest BCUT2D eigenvalue weighted by molar-refractivity contribution is 5.97. The van der Waals surface area contributed by atoms with Gasteiger partial charge in [-0.1, -0.05) is 12.1 Å². The smallest absolute Gasteiger partial charge is 0.262 e. The van der Waals surface area contributed by atoms with Gasteiger partial charge in [-0.2, -0.15) is 0 Å². The van der Waals surface area contributed by atoms with Crippen molar-refractivity contribution in [2.75, 3.05) is 0 Å². The van der Waals surface area contributed by atoms with Crippen LogP contribution in [0.4, 0.5) is 0 Å². The summed E-state index contributed by atoms with van der Waals surface area (Å²) in [6, 6.07) is 13.0. The van der Waals surface area contributed by atoms with Crippen LogP contribution in [0.5, 0.6) is 0 Å². The number of furan rings is 2. The Bertz CT molecular complexity index is 1110. The number of benzene rings is 1. The molecule has 6 heteroatoms. The fourth-order valence-corrected chi connectivity index (χ4v) is 3.13. The van der Waals surface area contributed by atoms with Gasteiger partial charge in [0.1, 0.15) is 17.6 Å². The molecule has 0 radical (unpaired) electrons. The highest BCUT2D eigenvalue weighted by atomic mass is 16.3. The van der Waals surface area contributed by atoms with Crippen molar-refractivity contribution in [2.24, 2.45) is 0 Å². The van der Waals surface area contributed by atoms with Gasteiger partial charge in [-0.3, -0.25) is 14.2 Å². The van der Waals surface area contributed by atoms with Crippen molar-refractivity contribution in [3.63, 3.8) is 0 Å². The SMILES string of the molecule is Cc1nc2ccccc2c(=O)n1[C@H](Cc1ccco1)C(=O)c1ccco1. The largest absolute Gasteiger partial charge is 0.469 e. The molecule has 0 saturated heterocycles. The maximum absolute atomic E-state index is 13.1. The number of nitrogens with zero attached hydrogens (tertiary/aromatic N) is 2. The third-order valence-corrected chi connectivity index (χ3v) is 4.34. The second-order valence-corrected chi connectivity index (χ2v) is 5.99. The summed E-state index contributed by atoms with van der Waals surface area (Å²) in [4.78, 5) is 30.7. The lowest BCUT2D eigenvalue weighted by atomic mass is 10.0. The number of ketones is 1. The molecule has 0 unspecified atom stereocenters. The van der Waals surface area contributed by atoms with E-state index in [1.165, 1.54) is 17.1 Å². The van der Waals surface area contributed by atoms with E-state index in [0.717, 1.165) is 0 Å². The van der Waals surface area contributed by atoms with Gasteiger partial charge in [-0.25, -0.2) is 4.98 Å². The van der Waals surface area contributed by atoms with Gasteiger partial charge in [-0.15, -0.1) is 0 Å². The van der Waals surface area contributed by atoms with Gasteiger partial charge < -0.3 is 8.83 Å². The van der Waals surface area contributed by atoms with Gasteiger partial charge in [0, 0.05) is 6.42 Å². The first-order valence-corrected chi connectivity index (χ1v) is 8.23. The maximum Gasteiger partial charge on any atom is 0.262 e. The normalized spacial score (nSPS) is 12.3. The van der Waals surface area contributed by atoms with Crippen LogP contribution in [-0.2, 0) is 6.42 Å². The molecule has 3 heterocycles. The van der Waals surface area contributed by atoms with E-state index in [-0.39, 0.29) is 23.5 Å². The Labute approximate surface area is 148 Å². The Balaban J connectivity index is 1.90. The summed E-state index contributed by atoms with van der Waals surface area (Å²) >= 11 is 0. The Morgan fingerprint density at radius 2 is 1.85 bits per heavy atom. The molecule has 4 aromatic rings. The summed E-state index contributed by atoms with van der Waals surface area (Å²) in [6.45, 7) is 1.72. The number of carbonyl (C=O) groups is 1. The zero-order chi connectivity index (χ0) is 18.1. The monoisotopic (exact) mass is 348 g/mol. The molecule has 0 N–H and O–H groups in total. The van der Waals surface area contributed by atoms with Crippen molar-refractivity contribution in [2.45, 2.75) is 19.4 Å². The molecule has 0 spiro atoms. The van der Waals surface area contributed by atoms with Crippen LogP contribution < -0.4 is 5.56 Å². The molecule has 0 fully saturated rings. The molecule has 26 heavy (non-hydrogen) atoms. The van der Waals surface area contributed by atoms with Gasteiger partial charge in [0.25, 0.3) is 5.56 Å². The average Bonchev–Trinajstić information content (AvgIpc) is 3.34. The molecule has 1 atom stereocenters. The lowest BCUT2D eigenvalue weighted by Crippen LogP contribution is -2.33. The molecule has 1 aromatic carbocycles. The van der Waals surface area contributed by atoms with Crippen molar-refractivity contribution in [1.82, 2.24) is 9.55 Å². The van der Waals surface area contributed by atoms with Crippen LogP contribution >= 0.6 is 0 Å². The van der Waals surface area contributed by atoms with E-state index in [1.807, 2.05) is 6.07 Å². The predicted octanol–water partition coefficient (Wildman–Crippen LogP) is 3.56. The number of aryl methyl sites for hydroxylation is 1. The molecule has 0 aliphatic heterocycles. The number of para-hydroxylation sites is 1. The van der Waals surface area contributed by atoms with Crippen LogP contribution in [0.3, 0.4) is 0 Å². The molecule has 0 aliphatic carbocycles. The van der Waals surface area contributed by atoms with Crippen LogP contribution in [0.1, 0.15) is 28.2 Å². The first kappa shape index (κ1) is 16.1. The molecule has 0 aliphatic rings. The van der Waals surface area contributed by atoms with Crippen LogP contribution in [0.25, 0.3) is 10.9 Å². The third-order valence-electron chi connectivity index (χ3n) is 4.34. The molecule has 3 aromatic heterocycles. The van der Waals surface area contributed by atoms with E-state index >= 15 is 0 Å². The van der Waals surface area contributed by atoms with E-state index in [4.69, 9.17) is 8.83 Å². The minimum atomic E-state index is -0.808. The van der Waals surface area contributed by atoms with E-state index in [2.05, 4.69) is 4.98 Å². The van der Waals surface area contributed by atoms with Crippen molar-refractivity contribution in [3.05, 3.63) is 88.8 Å². The van der Waals surface area contributed by atoms with Gasteiger partial charge in [0.2, 0.25) is 5.78 Å². The van der Waals surface area contributed by atoms with E-state index in [1.54, 1.807) is 49.4 Å². The minimum absolute atomic E-state index is 0.195. The van der Waals surface area contributed by atoms with Crippen molar-refractivity contribution < 1.29 is 13.6 Å². The van der Waals surface area contributed by atoms with Gasteiger partial charge >= 0.3 is 0 Å². The van der Waals surface area contributed by atoms with Gasteiger partial charge in [-0.05, 0) is 43.3 Å². The molecule has 4 rings (SSSR count).